The number of rotatable bonds is 7. The van der Waals surface area contributed by atoms with Crippen LogP contribution in [0.1, 0.15) is 15.9 Å². The Morgan fingerprint density at radius 3 is 2.21 bits per heavy atom. The highest BCUT2D eigenvalue weighted by Crippen LogP contribution is 2.39. The number of carbonyl (C=O) groups excluding carboxylic acids is 1. The summed E-state index contributed by atoms with van der Waals surface area (Å²) in [7, 11) is 1.62. The van der Waals surface area contributed by atoms with Crippen LogP contribution in [-0.4, -0.2) is 25.4 Å². The molecule has 0 fully saturated rings. The number of hydrogen-bond acceptors (Lipinski definition) is 5. The summed E-state index contributed by atoms with van der Waals surface area (Å²) in [5.74, 6) is 0.793. The summed E-state index contributed by atoms with van der Waals surface area (Å²) >= 11 is 4.75. The Bertz CT molecular complexity index is 731. The Hall–Kier alpha value is -1.30. The summed E-state index contributed by atoms with van der Waals surface area (Å²) in [6.45, 7) is 2.06. The maximum atomic E-state index is 13.0. The van der Waals surface area contributed by atoms with E-state index in [1.54, 1.807) is 30.6 Å². The average molecular weight is 377 g/mol. The molecular weight excluding hydrogens is 356 g/mol. The fraction of sp³-hybridized carbons (Fsp3) is 0.211. The standard InChI is InChI=1S/C19H20O2S3/c1-13-6-5-7-16(12-13)24-18(19(22-3)23-4)17(20)14-8-10-15(21-2)11-9-14/h5-12H,1-4H3. The molecule has 0 radical (unpaired) electrons. The zero-order valence-corrected chi connectivity index (χ0v) is 16.6. The predicted octanol–water partition coefficient (Wildman–Crippen LogP) is 5.87. The van der Waals surface area contributed by atoms with Crippen molar-refractivity contribution in [3.8, 4) is 5.75 Å². The van der Waals surface area contributed by atoms with Crippen molar-refractivity contribution in [2.24, 2.45) is 0 Å². The van der Waals surface area contributed by atoms with Crippen molar-refractivity contribution in [2.45, 2.75) is 11.8 Å². The lowest BCUT2D eigenvalue weighted by Gasteiger charge is -2.12. The Balaban J connectivity index is 2.38. The molecule has 0 aromatic heterocycles. The summed E-state index contributed by atoms with van der Waals surface area (Å²) < 4.78 is 6.20. The minimum Gasteiger partial charge on any atom is -0.497 e. The van der Waals surface area contributed by atoms with Crippen molar-refractivity contribution in [1.82, 2.24) is 0 Å². The number of thioether (sulfide) groups is 3. The van der Waals surface area contributed by atoms with E-state index in [-0.39, 0.29) is 5.78 Å². The van der Waals surface area contributed by atoms with Crippen molar-refractivity contribution in [1.29, 1.82) is 0 Å². The third kappa shape index (κ3) is 4.85. The van der Waals surface area contributed by atoms with Crippen LogP contribution in [0.15, 0.2) is 62.6 Å². The molecule has 0 unspecified atom stereocenters. The fourth-order valence-corrected chi connectivity index (χ4v) is 5.01. The molecule has 0 atom stereocenters. The van der Waals surface area contributed by atoms with Crippen molar-refractivity contribution in [3.05, 3.63) is 68.8 Å². The van der Waals surface area contributed by atoms with Crippen molar-refractivity contribution >= 4 is 41.1 Å². The van der Waals surface area contributed by atoms with Gasteiger partial charge in [-0.3, -0.25) is 4.79 Å². The summed E-state index contributed by atoms with van der Waals surface area (Å²) in [6.07, 6.45) is 4.01. The molecule has 0 spiro atoms. The predicted molar refractivity (Wildman–Crippen MR) is 108 cm³/mol. The lowest BCUT2D eigenvalue weighted by molar-refractivity contribution is 0.104. The van der Waals surface area contributed by atoms with Crippen LogP contribution < -0.4 is 4.74 Å². The number of methoxy groups -OCH3 is 1. The normalized spacial score (nSPS) is 10.3. The molecule has 0 amide bonds. The van der Waals surface area contributed by atoms with Crippen molar-refractivity contribution in [2.75, 3.05) is 19.6 Å². The van der Waals surface area contributed by atoms with Gasteiger partial charge in [0.05, 0.1) is 16.3 Å². The molecule has 2 rings (SSSR count). The molecule has 0 saturated carbocycles. The van der Waals surface area contributed by atoms with Crippen LogP contribution in [0.3, 0.4) is 0 Å². The van der Waals surface area contributed by atoms with E-state index in [9.17, 15) is 4.79 Å². The summed E-state index contributed by atoms with van der Waals surface area (Å²) in [5, 5.41) is 0. The van der Waals surface area contributed by atoms with Crippen LogP contribution in [0.25, 0.3) is 0 Å². The van der Waals surface area contributed by atoms with Crippen LogP contribution in [0.5, 0.6) is 5.75 Å². The molecule has 0 saturated heterocycles. The second-order valence-electron chi connectivity index (χ2n) is 5.00. The van der Waals surface area contributed by atoms with E-state index in [1.807, 2.05) is 48.9 Å². The molecule has 0 heterocycles. The third-order valence-electron chi connectivity index (χ3n) is 3.32. The monoisotopic (exact) mass is 376 g/mol. The van der Waals surface area contributed by atoms with Gasteiger partial charge in [-0.2, -0.15) is 0 Å². The number of carbonyl (C=O) groups is 1. The number of Topliss-reactive ketones (excluding diaryl/α,β-unsaturated/α-hetero) is 1. The number of hydrogen-bond donors (Lipinski definition) is 0. The largest absolute Gasteiger partial charge is 0.497 e. The molecule has 0 aliphatic carbocycles. The van der Waals surface area contributed by atoms with E-state index in [2.05, 4.69) is 19.1 Å². The molecule has 0 bridgehead atoms. The van der Waals surface area contributed by atoms with Crippen molar-refractivity contribution < 1.29 is 9.53 Å². The van der Waals surface area contributed by atoms with Crippen LogP contribution in [0.2, 0.25) is 0 Å². The van der Waals surface area contributed by atoms with Crippen LogP contribution >= 0.6 is 35.3 Å². The molecule has 2 nitrogen and oxygen atoms in total. The van der Waals surface area contributed by atoms with Gasteiger partial charge in [0.25, 0.3) is 0 Å². The van der Waals surface area contributed by atoms with Gasteiger partial charge in [-0.15, -0.1) is 23.5 Å². The van der Waals surface area contributed by atoms with E-state index < -0.39 is 0 Å². The number of aryl methyl sites for hydroxylation is 1. The number of allylic oxidation sites excluding steroid dienone is 1. The topological polar surface area (TPSA) is 26.3 Å². The van der Waals surface area contributed by atoms with Crippen molar-refractivity contribution in [3.63, 3.8) is 0 Å². The molecule has 2 aromatic carbocycles. The van der Waals surface area contributed by atoms with E-state index >= 15 is 0 Å². The van der Waals surface area contributed by atoms with Crippen LogP contribution in [-0.2, 0) is 0 Å². The lowest BCUT2D eigenvalue weighted by Crippen LogP contribution is -2.02. The Morgan fingerprint density at radius 2 is 1.67 bits per heavy atom. The van der Waals surface area contributed by atoms with Gasteiger partial charge in [0.1, 0.15) is 5.75 Å². The zero-order chi connectivity index (χ0) is 17.5. The highest BCUT2D eigenvalue weighted by atomic mass is 32.2. The molecule has 126 valence electrons. The Labute approximate surface area is 156 Å². The maximum Gasteiger partial charge on any atom is 0.201 e. The Kier molecular flexibility index (Phi) is 7.34. The van der Waals surface area contributed by atoms with Gasteiger partial charge in [-0.25, -0.2) is 0 Å². The van der Waals surface area contributed by atoms with E-state index in [4.69, 9.17) is 4.74 Å². The third-order valence-corrected chi connectivity index (χ3v) is 6.82. The zero-order valence-electron chi connectivity index (χ0n) is 14.2. The highest BCUT2D eigenvalue weighted by molar-refractivity contribution is 8.22. The minimum atomic E-state index is 0.0443. The quantitative estimate of drug-likeness (QED) is 0.342. The Morgan fingerprint density at radius 1 is 1.00 bits per heavy atom. The molecule has 0 aliphatic rings. The smallest absolute Gasteiger partial charge is 0.201 e. The number of ether oxygens (including phenoxy) is 1. The first-order valence-electron chi connectivity index (χ1n) is 7.34. The number of ketones is 1. The van der Waals surface area contributed by atoms with E-state index in [0.29, 0.717) is 5.56 Å². The van der Waals surface area contributed by atoms with E-state index in [1.165, 1.54) is 17.3 Å². The van der Waals surface area contributed by atoms with Gasteiger partial charge in [0, 0.05) is 10.5 Å². The SMILES string of the molecule is COc1ccc(C(=O)C(Sc2cccc(C)c2)=C(SC)SC)cc1. The van der Waals surface area contributed by atoms with Crippen LogP contribution in [0.4, 0.5) is 0 Å². The molecular formula is C19H20O2S3. The summed E-state index contributed by atoms with van der Waals surface area (Å²) in [5.41, 5.74) is 1.86. The maximum absolute atomic E-state index is 13.0. The lowest BCUT2D eigenvalue weighted by atomic mass is 10.1. The minimum absolute atomic E-state index is 0.0443. The first-order chi connectivity index (χ1) is 11.6. The molecule has 24 heavy (non-hydrogen) atoms. The molecule has 5 heteroatoms. The second kappa shape index (κ2) is 9.25. The average Bonchev–Trinajstić information content (AvgIpc) is 2.61. The van der Waals surface area contributed by atoms with Gasteiger partial charge in [-0.1, -0.05) is 29.5 Å². The van der Waals surface area contributed by atoms with Gasteiger partial charge < -0.3 is 4.74 Å². The molecule has 0 N–H and O–H groups in total. The highest BCUT2D eigenvalue weighted by Gasteiger charge is 2.19. The molecule has 0 aliphatic heterocycles. The second-order valence-corrected chi connectivity index (χ2v) is 7.98. The van der Waals surface area contributed by atoms with Gasteiger partial charge in [0.15, 0.2) is 0 Å². The number of benzene rings is 2. The van der Waals surface area contributed by atoms with Gasteiger partial charge in [0.2, 0.25) is 5.78 Å². The molecule has 2 aromatic rings. The van der Waals surface area contributed by atoms with Gasteiger partial charge >= 0.3 is 0 Å². The van der Waals surface area contributed by atoms with Gasteiger partial charge in [-0.05, 0) is 55.8 Å². The van der Waals surface area contributed by atoms with E-state index in [0.717, 1.165) is 19.8 Å². The summed E-state index contributed by atoms with van der Waals surface area (Å²) in [4.78, 5) is 14.9. The fourth-order valence-electron chi connectivity index (χ4n) is 2.12. The first-order valence-corrected chi connectivity index (χ1v) is 10.6. The van der Waals surface area contributed by atoms with Crippen LogP contribution in [0, 0.1) is 6.92 Å². The summed E-state index contributed by atoms with van der Waals surface area (Å²) in [6, 6.07) is 15.5. The first kappa shape index (κ1) is 19.0.